The molecule has 1 N–H and O–H groups in total. The summed E-state index contributed by atoms with van der Waals surface area (Å²) in [5.74, 6) is -2.23. The fraction of sp³-hybridized carbons (Fsp3) is 0.0800. The zero-order valence-corrected chi connectivity index (χ0v) is 15.9. The van der Waals surface area contributed by atoms with Gasteiger partial charge < -0.3 is 4.98 Å². The lowest BCUT2D eigenvalue weighted by atomic mass is 9.95. The van der Waals surface area contributed by atoms with E-state index in [1.807, 2.05) is 49.5 Å². The van der Waals surface area contributed by atoms with Gasteiger partial charge in [-0.25, -0.2) is 8.78 Å². The van der Waals surface area contributed by atoms with Gasteiger partial charge in [-0.15, -0.1) is 0 Å². The molecular weight excluding hydrogens is 368 g/mol. The summed E-state index contributed by atoms with van der Waals surface area (Å²) in [6.45, 7) is 2.05. The second-order valence-electron chi connectivity index (χ2n) is 7.01. The molecule has 0 aliphatic heterocycles. The monoisotopic (exact) mass is 387 g/mol. The predicted molar refractivity (Wildman–Crippen MR) is 111 cm³/mol. The predicted octanol–water partition coefficient (Wildman–Crippen LogP) is 6.36. The van der Waals surface area contributed by atoms with Crippen LogP contribution in [0, 0.1) is 18.6 Å². The van der Waals surface area contributed by atoms with Crippen molar-refractivity contribution in [3.8, 4) is 22.4 Å². The van der Waals surface area contributed by atoms with E-state index in [0.717, 1.165) is 40.1 Å². The fourth-order valence-electron chi connectivity index (χ4n) is 3.45. The normalized spacial score (nSPS) is 10.9. The number of benzene rings is 3. The number of carbonyl (C=O) groups is 1. The highest BCUT2D eigenvalue weighted by Crippen LogP contribution is 2.29. The zero-order chi connectivity index (χ0) is 20.4. The Hall–Kier alpha value is -3.53. The van der Waals surface area contributed by atoms with Crippen LogP contribution in [0.2, 0.25) is 0 Å². The molecule has 29 heavy (non-hydrogen) atoms. The van der Waals surface area contributed by atoms with Crippen molar-refractivity contribution in [2.75, 3.05) is 0 Å². The Bertz CT molecular complexity index is 1140. The molecule has 4 aromatic rings. The maximum Gasteiger partial charge on any atom is 0.173 e. The molecule has 3 aromatic carbocycles. The second-order valence-corrected chi connectivity index (χ2v) is 7.01. The van der Waals surface area contributed by atoms with Crippen molar-refractivity contribution in [3.05, 3.63) is 107 Å². The summed E-state index contributed by atoms with van der Waals surface area (Å²) in [5, 5.41) is 0. The van der Waals surface area contributed by atoms with E-state index in [4.69, 9.17) is 0 Å². The lowest BCUT2D eigenvalue weighted by Crippen LogP contribution is -2.09. The van der Waals surface area contributed by atoms with Crippen LogP contribution in [0.25, 0.3) is 22.4 Å². The molecule has 0 bridgehead atoms. The highest BCUT2D eigenvalue weighted by Gasteiger charge is 2.17. The third kappa shape index (κ3) is 3.87. The van der Waals surface area contributed by atoms with Gasteiger partial charge >= 0.3 is 0 Å². The Kier molecular flexibility index (Phi) is 5.09. The van der Waals surface area contributed by atoms with E-state index in [1.165, 1.54) is 6.07 Å². The standard InChI is InChI=1S/C25H19F2NO/c1-16-7-10-19(23-6-3-13-28-23)15-20(16)18-11-8-17(9-12-18)14-24(29)25-21(26)4-2-5-22(25)27/h2-13,15,28H,14H2,1H3. The number of aryl methyl sites for hydroxylation is 1. The fourth-order valence-corrected chi connectivity index (χ4v) is 3.45. The summed E-state index contributed by atoms with van der Waals surface area (Å²) in [5.41, 5.74) is 5.60. The van der Waals surface area contributed by atoms with Gasteiger partial charge in [-0.2, -0.15) is 0 Å². The molecule has 0 unspecified atom stereocenters. The number of carbonyl (C=O) groups excluding carboxylic acids is 1. The maximum atomic E-state index is 13.8. The summed E-state index contributed by atoms with van der Waals surface area (Å²) in [4.78, 5) is 15.6. The molecule has 1 aromatic heterocycles. The molecule has 0 aliphatic rings. The minimum absolute atomic E-state index is 0.0559. The number of rotatable bonds is 5. The lowest BCUT2D eigenvalue weighted by Gasteiger charge is -2.10. The first-order chi connectivity index (χ1) is 14.0. The van der Waals surface area contributed by atoms with Crippen LogP contribution in [0.5, 0.6) is 0 Å². The number of aromatic amines is 1. The SMILES string of the molecule is Cc1ccc(-c2ccc[nH]2)cc1-c1ccc(CC(=O)c2c(F)cccc2F)cc1. The molecule has 0 aliphatic carbocycles. The molecule has 4 heteroatoms. The van der Waals surface area contributed by atoms with Gasteiger partial charge in [0.1, 0.15) is 11.6 Å². The first-order valence-corrected chi connectivity index (χ1v) is 9.34. The van der Waals surface area contributed by atoms with E-state index >= 15 is 0 Å². The van der Waals surface area contributed by atoms with Crippen LogP contribution in [-0.4, -0.2) is 10.8 Å². The molecule has 0 saturated carbocycles. The van der Waals surface area contributed by atoms with Crippen molar-refractivity contribution in [1.82, 2.24) is 4.98 Å². The third-order valence-electron chi connectivity index (χ3n) is 5.02. The van der Waals surface area contributed by atoms with Crippen LogP contribution >= 0.6 is 0 Å². The summed E-state index contributed by atoms with van der Waals surface area (Å²) in [6.07, 6.45) is 1.83. The van der Waals surface area contributed by atoms with E-state index in [2.05, 4.69) is 23.2 Å². The molecule has 144 valence electrons. The van der Waals surface area contributed by atoms with Gasteiger partial charge in [0.25, 0.3) is 0 Å². The Morgan fingerprint density at radius 1 is 0.862 bits per heavy atom. The topological polar surface area (TPSA) is 32.9 Å². The number of aromatic nitrogens is 1. The van der Waals surface area contributed by atoms with Gasteiger partial charge in [0.05, 0.1) is 5.56 Å². The summed E-state index contributed by atoms with van der Waals surface area (Å²) in [6, 6.07) is 21.2. The first kappa shape index (κ1) is 18.8. The molecule has 0 fully saturated rings. The number of halogens is 2. The van der Waals surface area contributed by atoms with Crippen molar-refractivity contribution in [1.29, 1.82) is 0 Å². The van der Waals surface area contributed by atoms with Gasteiger partial charge in [0.2, 0.25) is 0 Å². The van der Waals surface area contributed by atoms with E-state index in [-0.39, 0.29) is 6.42 Å². The summed E-state index contributed by atoms with van der Waals surface area (Å²) < 4.78 is 27.6. The van der Waals surface area contributed by atoms with Gasteiger partial charge in [-0.1, -0.05) is 42.5 Å². The Balaban J connectivity index is 1.59. The van der Waals surface area contributed by atoms with E-state index in [0.29, 0.717) is 5.56 Å². The molecule has 0 radical (unpaired) electrons. The van der Waals surface area contributed by atoms with Gasteiger partial charge in [0, 0.05) is 18.3 Å². The van der Waals surface area contributed by atoms with Crippen molar-refractivity contribution in [2.24, 2.45) is 0 Å². The molecule has 1 heterocycles. The highest BCUT2D eigenvalue weighted by molar-refractivity contribution is 5.98. The Morgan fingerprint density at radius 2 is 1.55 bits per heavy atom. The highest BCUT2D eigenvalue weighted by atomic mass is 19.1. The smallest absolute Gasteiger partial charge is 0.173 e. The van der Waals surface area contributed by atoms with Crippen LogP contribution in [-0.2, 0) is 6.42 Å². The number of hydrogen-bond acceptors (Lipinski definition) is 1. The van der Waals surface area contributed by atoms with Gasteiger partial charge in [-0.3, -0.25) is 4.79 Å². The van der Waals surface area contributed by atoms with Crippen LogP contribution in [0.4, 0.5) is 8.78 Å². The number of Topliss-reactive ketones (excluding diaryl/α,β-unsaturated/α-hetero) is 1. The number of nitrogens with one attached hydrogen (secondary N) is 1. The van der Waals surface area contributed by atoms with E-state index in [1.54, 1.807) is 0 Å². The van der Waals surface area contributed by atoms with Crippen LogP contribution < -0.4 is 0 Å². The molecule has 0 saturated heterocycles. The summed E-state index contributed by atoms with van der Waals surface area (Å²) >= 11 is 0. The first-order valence-electron chi connectivity index (χ1n) is 9.34. The average Bonchev–Trinajstić information content (AvgIpc) is 3.24. The van der Waals surface area contributed by atoms with Gasteiger partial charge in [0.15, 0.2) is 5.78 Å². The number of ketones is 1. The summed E-state index contributed by atoms with van der Waals surface area (Å²) in [7, 11) is 0. The molecule has 4 rings (SSSR count). The lowest BCUT2D eigenvalue weighted by molar-refractivity contribution is 0.0985. The maximum absolute atomic E-state index is 13.8. The van der Waals surface area contributed by atoms with Crippen molar-refractivity contribution in [3.63, 3.8) is 0 Å². The minimum Gasteiger partial charge on any atom is -0.361 e. The molecule has 2 nitrogen and oxygen atoms in total. The van der Waals surface area contributed by atoms with Crippen molar-refractivity contribution < 1.29 is 13.6 Å². The molecule has 0 atom stereocenters. The van der Waals surface area contributed by atoms with Crippen LogP contribution in [0.15, 0.2) is 79.0 Å². The Morgan fingerprint density at radius 3 is 2.21 bits per heavy atom. The quantitative estimate of drug-likeness (QED) is 0.397. The molecule has 0 spiro atoms. The average molecular weight is 387 g/mol. The minimum atomic E-state index is -0.830. The molecular formula is C25H19F2NO. The third-order valence-corrected chi connectivity index (χ3v) is 5.02. The van der Waals surface area contributed by atoms with Crippen LogP contribution in [0.1, 0.15) is 21.5 Å². The van der Waals surface area contributed by atoms with Crippen molar-refractivity contribution in [2.45, 2.75) is 13.3 Å². The second kappa shape index (κ2) is 7.84. The zero-order valence-electron chi connectivity index (χ0n) is 15.9. The largest absolute Gasteiger partial charge is 0.361 e. The van der Waals surface area contributed by atoms with E-state index in [9.17, 15) is 13.6 Å². The van der Waals surface area contributed by atoms with Crippen LogP contribution in [0.3, 0.4) is 0 Å². The Labute approximate surface area is 167 Å². The van der Waals surface area contributed by atoms with Gasteiger partial charge in [-0.05, 0) is 65.1 Å². The molecule has 0 amide bonds. The van der Waals surface area contributed by atoms with E-state index < -0.39 is 23.0 Å². The van der Waals surface area contributed by atoms with Crippen molar-refractivity contribution >= 4 is 5.78 Å². The number of hydrogen-bond donors (Lipinski definition) is 1. The number of H-pyrrole nitrogens is 1.